The van der Waals surface area contributed by atoms with Crippen molar-refractivity contribution in [2.75, 3.05) is 19.0 Å². The Morgan fingerprint density at radius 2 is 1.83 bits per heavy atom. The molecule has 2 aromatic carbocycles. The summed E-state index contributed by atoms with van der Waals surface area (Å²) in [7, 11) is 4.03. The molecule has 1 N–H and O–H groups in total. The fourth-order valence-corrected chi connectivity index (χ4v) is 2.55. The maximum absolute atomic E-state index is 9.88. The summed E-state index contributed by atoms with van der Waals surface area (Å²) < 4.78 is 2.04. The lowest BCUT2D eigenvalue weighted by atomic mass is 10.2. The molecule has 0 atom stereocenters. The van der Waals surface area contributed by atoms with Crippen molar-refractivity contribution in [2.24, 2.45) is 4.99 Å². The molecule has 3 aromatic rings. The SMILES string of the molecule is CN(C)c1ccc(-n2cccc2C=Nc2ccc(Cl)cc2O)cc1. The van der Waals surface area contributed by atoms with E-state index in [1.807, 2.05) is 37.0 Å². The zero-order valence-corrected chi connectivity index (χ0v) is 14.3. The molecule has 0 radical (unpaired) electrons. The number of halogens is 1. The van der Waals surface area contributed by atoms with Crippen molar-refractivity contribution in [3.05, 3.63) is 71.5 Å². The number of rotatable bonds is 4. The van der Waals surface area contributed by atoms with Gasteiger partial charge in [0.2, 0.25) is 0 Å². The molecule has 4 nitrogen and oxygen atoms in total. The average molecular weight is 340 g/mol. The molecular weight excluding hydrogens is 322 g/mol. The summed E-state index contributed by atoms with van der Waals surface area (Å²) in [5.41, 5.74) is 3.59. The highest BCUT2D eigenvalue weighted by Gasteiger charge is 2.04. The van der Waals surface area contributed by atoms with Crippen LogP contribution in [-0.2, 0) is 0 Å². The Hall–Kier alpha value is -2.72. The van der Waals surface area contributed by atoms with Gasteiger partial charge < -0.3 is 14.6 Å². The molecule has 1 heterocycles. The van der Waals surface area contributed by atoms with Crippen molar-refractivity contribution in [3.8, 4) is 11.4 Å². The van der Waals surface area contributed by atoms with E-state index in [2.05, 4.69) is 34.2 Å². The number of hydrogen-bond donors (Lipinski definition) is 1. The molecular formula is C19H18ClN3O. The van der Waals surface area contributed by atoms with E-state index in [9.17, 15) is 5.11 Å². The minimum atomic E-state index is 0.0622. The predicted molar refractivity (Wildman–Crippen MR) is 100 cm³/mol. The topological polar surface area (TPSA) is 40.8 Å². The summed E-state index contributed by atoms with van der Waals surface area (Å²) in [6, 6.07) is 17.1. The molecule has 0 aliphatic rings. The van der Waals surface area contributed by atoms with Crippen molar-refractivity contribution in [1.29, 1.82) is 0 Å². The van der Waals surface area contributed by atoms with E-state index in [0.717, 1.165) is 17.1 Å². The molecule has 0 spiro atoms. The molecule has 0 aliphatic carbocycles. The fraction of sp³-hybridized carbons (Fsp3) is 0.105. The van der Waals surface area contributed by atoms with Crippen LogP contribution in [0, 0.1) is 0 Å². The van der Waals surface area contributed by atoms with Gasteiger partial charge in [-0.15, -0.1) is 0 Å². The molecule has 5 heteroatoms. The van der Waals surface area contributed by atoms with Crippen LogP contribution in [0.1, 0.15) is 5.69 Å². The van der Waals surface area contributed by atoms with Crippen molar-refractivity contribution in [3.63, 3.8) is 0 Å². The Morgan fingerprint density at radius 3 is 2.50 bits per heavy atom. The lowest BCUT2D eigenvalue weighted by molar-refractivity contribution is 0.477. The van der Waals surface area contributed by atoms with Gasteiger partial charge in [-0.2, -0.15) is 0 Å². The van der Waals surface area contributed by atoms with Crippen molar-refractivity contribution in [1.82, 2.24) is 4.57 Å². The van der Waals surface area contributed by atoms with Crippen molar-refractivity contribution in [2.45, 2.75) is 0 Å². The zero-order valence-electron chi connectivity index (χ0n) is 13.5. The van der Waals surface area contributed by atoms with Crippen molar-refractivity contribution >= 4 is 29.2 Å². The maximum atomic E-state index is 9.88. The number of phenols is 1. The quantitative estimate of drug-likeness (QED) is 0.703. The van der Waals surface area contributed by atoms with Gasteiger partial charge in [-0.3, -0.25) is 4.99 Å². The molecule has 0 amide bonds. The highest BCUT2D eigenvalue weighted by molar-refractivity contribution is 6.30. The number of phenolic OH excluding ortho intramolecular Hbond substituents is 1. The first-order valence-corrected chi connectivity index (χ1v) is 7.90. The summed E-state index contributed by atoms with van der Waals surface area (Å²) in [5, 5.41) is 10.4. The van der Waals surface area contributed by atoms with Crippen LogP contribution in [0.2, 0.25) is 5.02 Å². The van der Waals surface area contributed by atoms with Crippen molar-refractivity contribution < 1.29 is 5.11 Å². The fourth-order valence-electron chi connectivity index (χ4n) is 2.39. The second kappa shape index (κ2) is 6.81. The monoisotopic (exact) mass is 339 g/mol. The third-order valence-electron chi connectivity index (χ3n) is 3.70. The first-order chi connectivity index (χ1) is 11.5. The van der Waals surface area contributed by atoms with Crippen LogP contribution in [0.3, 0.4) is 0 Å². The largest absolute Gasteiger partial charge is 0.506 e. The average Bonchev–Trinajstić information content (AvgIpc) is 3.02. The molecule has 0 saturated carbocycles. The summed E-state index contributed by atoms with van der Waals surface area (Å²) in [4.78, 5) is 6.42. The van der Waals surface area contributed by atoms with E-state index < -0.39 is 0 Å². The summed E-state index contributed by atoms with van der Waals surface area (Å²) in [6.07, 6.45) is 3.70. The maximum Gasteiger partial charge on any atom is 0.142 e. The van der Waals surface area contributed by atoms with Gasteiger partial charge in [0.25, 0.3) is 0 Å². The number of aromatic hydroxyl groups is 1. The Bertz CT molecular complexity index is 867. The molecule has 0 fully saturated rings. The van der Waals surface area contributed by atoms with Crippen LogP contribution in [0.25, 0.3) is 5.69 Å². The molecule has 0 aliphatic heterocycles. The van der Waals surface area contributed by atoms with E-state index in [1.54, 1.807) is 18.3 Å². The molecule has 0 bridgehead atoms. The lowest BCUT2D eigenvalue weighted by Gasteiger charge is -2.13. The predicted octanol–water partition coefficient (Wildman–Crippen LogP) is 4.65. The molecule has 24 heavy (non-hydrogen) atoms. The Labute approximate surface area is 146 Å². The van der Waals surface area contributed by atoms with Gasteiger partial charge >= 0.3 is 0 Å². The Morgan fingerprint density at radius 1 is 1.08 bits per heavy atom. The molecule has 122 valence electrons. The van der Waals surface area contributed by atoms with Crippen LogP contribution < -0.4 is 4.90 Å². The van der Waals surface area contributed by atoms with E-state index >= 15 is 0 Å². The van der Waals surface area contributed by atoms with Crippen LogP contribution in [0.15, 0.2) is 65.8 Å². The van der Waals surface area contributed by atoms with Gasteiger partial charge in [0, 0.05) is 42.8 Å². The molecule has 1 aromatic heterocycles. The summed E-state index contributed by atoms with van der Waals surface area (Å²) in [5.74, 6) is 0.0622. The van der Waals surface area contributed by atoms with Gasteiger partial charge in [0.1, 0.15) is 11.4 Å². The number of nitrogens with zero attached hydrogens (tertiary/aromatic N) is 3. The second-order valence-electron chi connectivity index (χ2n) is 5.61. The number of benzene rings is 2. The highest BCUT2D eigenvalue weighted by atomic mass is 35.5. The third-order valence-corrected chi connectivity index (χ3v) is 3.93. The zero-order chi connectivity index (χ0) is 17.1. The first-order valence-electron chi connectivity index (χ1n) is 7.52. The lowest BCUT2D eigenvalue weighted by Crippen LogP contribution is -2.08. The molecule has 0 unspecified atom stereocenters. The molecule has 3 rings (SSSR count). The van der Waals surface area contributed by atoms with Gasteiger partial charge in [-0.25, -0.2) is 0 Å². The van der Waals surface area contributed by atoms with Crippen LogP contribution in [0.4, 0.5) is 11.4 Å². The number of aromatic nitrogens is 1. The number of aliphatic imine (C=N–C) groups is 1. The number of anilines is 1. The van der Waals surface area contributed by atoms with E-state index in [0.29, 0.717) is 10.7 Å². The normalized spacial score (nSPS) is 11.1. The Balaban J connectivity index is 1.88. The van der Waals surface area contributed by atoms with Gasteiger partial charge in [-0.1, -0.05) is 11.6 Å². The first kappa shape index (κ1) is 16.1. The second-order valence-corrected chi connectivity index (χ2v) is 6.04. The van der Waals surface area contributed by atoms with E-state index in [1.165, 1.54) is 6.07 Å². The summed E-state index contributed by atoms with van der Waals surface area (Å²) in [6.45, 7) is 0. The van der Waals surface area contributed by atoms with Gasteiger partial charge in [0.15, 0.2) is 0 Å². The minimum absolute atomic E-state index is 0.0622. The molecule has 0 saturated heterocycles. The van der Waals surface area contributed by atoms with Crippen LogP contribution >= 0.6 is 11.6 Å². The standard InChI is InChI=1S/C19H18ClN3O/c1-22(2)15-6-8-16(9-7-15)23-11-3-4-17(23)13-21-18-10-5-14(20)12-19(18)24/h3-13,24H,1-2H3. The Kier molecular flexibility index (Phi) is 4.58. The van der Waals surface area contributed by atoms with E-state index in [4.69, 9.17) is 11.6 Å². The minimum Gasteiger partial charge on any atom is -0.506 e. The number of hydrogen-bond acceptors (Lipinski definition) is 3. The van der Waals surface area contributed by atoms with Gasteiger partial charge in [0.05, 0.1) is 11.9 Å². The smallest absolute Gasteiger partial charge is 0.142 e. The van der Waals surface area contributed by atoms with Crippen LogP contribution in [0.5, 0.6) is 5.75 Å². The summed E-state index contributed by atoms with van der Waals surface area (Å²) >= 11 is 5.84. The van der Waals surface area contributed by atoms with E-state index in [-0.39, 0.29) is 5.75 Å². The van der Waals surface area contributed by atoms with Crippen LogP contribution in [-0.4, -0.2) is 30.0 Å². The highest BCUT2D eigenvalue weighted by Crippen LogP contribution is 2.29. The third kappa shape index (κ3) is 3.44. The van der Waals surface area contributed by atoms with Gasteiger partial charge in [-0.05, 0) is 48.5 Å².